The predicted octanol–water partition coefficient (Wildman–Crippen LogP) is 2.52. The minimum atomic E-state index is 0.0482. The number of halogens is 1. The first kappa shape index (κ1) is 12.2. The lowest BCUT2D eigenvalue weighted by molar-refractivity contribution is -0.119. The van der Waals surface area contributed by atoms with Gasteiger partial charge in [-0.15, -0.1) is 0 Å². The zero-order valence-electron chi connectivity index (χ0n) is 10.4. The van der Waals surface area contributed by atoms with Gasteiger partial charge < -0.3 is 9.47 Å². The van der Waals surface area contributed by atoms with Gasteiger partial charge in [0.05, 0.1) is 0 Å². The molecule has 0 fully saturated rings. The molecule has 19 heavy (non-hydrogen) atoms. The Hall–Kier alpha value is -1.81. The zero-order valence-corrected chi connectivity index (χ0v) is 11.2. The molecule has 0 unspecified atom stereocenters. The van der Waals surface area contributed by atoms with Gasteiger partial charge in [0, 0.05) is 24.6 Å². The third-order valence-corrected chi connectivity index (χ3v) is 3.70. The van der Waals surface area contributed by atoms with E-state index in [1.165, 1.54) is 5.56 Å². The van der Waals surface area contributed by atoms with Crippen molar-refractivity contribution in [1.82, 2.24) is 9.55 Å². The summed E-state index contributed by atoms with van der Waals surface area (Å²) in [5.74, 6) is 0.0482. The van der Waals surface area contributed by atoms with Gasteiger partial charge in [0.2, 0.25) is 11.2 Å². The second-order valence-electron chi connectivity index (χ2n) is 4.60. The van der Waals surface area contributed by atoms with Gasteiger partial charge in [0.25, 0.3) is 0 Å². The molecule has 0 saturated carbocycles. The van der Waals surface area contributed by atoms with Gasteiger partial charge in [0.15, 0.2) is 0 Å². The maximum Gasteiger partial charge on any atom is 0.247 e. The molecule has 0 radical (unpaired) electrons. The summed E-state index contributed by atoms with van der Waals surface area (Å²) in [5.41, 5.74) is 2.26. The average molecular weight is 276 g/mol. The highest BCUT2D eigenvalue weighted by atomic mass is 35.5. The predicted molar refractivity (Wildman–Crippen MR) is 74.4 cm³/mol. The number of nitrogens with zero attached hydrogens (tertiary/aromatic N) is 3. The molecule has 1 aliphatic heterocycles. The van der Waals surface area contributed by atoms with E-state index in [1.807, 2.05) is 23.1 Å². The summed E-state index contributed by atoms with van der Waals surface area (Å²) in [7, 11) is 0. The smallest absolute Gasteiger partial charge is 0.247 e. The van der Waals surface area contributed by atoms with Crippen LogP contribution in [0.5, 0.6) is 0 Å². The molecule has 1 aromatic carbocycles. The lowest BCUT2D eigenvalue weighted by Gasteiger charge is -2.29. The zero-order chi connectivity index (χ0) is 13.2. The second kappa shape index (κ2) is 5.05. The number of fused-ring (bicyclic) bond motifs is 1. The number of benzene rings is 1. The van der Waals surface area contributed by atoms with Crippen LogP contribution in [0, 0.1) is 0 Å². The molecule has 1 amide bonds. The van der Waals surface area contributed by atoms with Gasteiger partial charge in [-0.3, -0.25) is 4.79 Å². The molecular weight excluding hydrogens is 262 g/mol. The standard InChI is InChI=1S/C14H14ClN3O/c15-14-16-7-9-17(14)10-13(19)18-8-3-5-11-4-1-2-6-12(11)18/h1-2,4,6-7,9H,3,5,8,10H2. The minimum absolute atomic E-state index is 0.0482. The molecule has 4 nitrogen and oxygen atoms in total. The van der Waals surface area contributed by atoms with Crippen molar-refractivity contribution in [1.29, 1.82) is 0 Å². The summed E-state index contributed by atoms with van der Waals surface area (Å²) in [6.07, 6.45) is 5.35. The van der Waals surface area contributed by atoms with E-state index in [1.54, 1.807) is 17.0 Å². The van der Waals surface area contributed by atoms with Crippen molar-refractivity contribution in [3.8, 4) is 0 Å². The lowest BCUT2D eigenvalue weighted by atomic mass is 10.0. The fourth-order valence-corrected chi connectivity index (χ4v) is 2.63. The molecule has 1 aliphatic rings. The van der Waals surface area contributed by atoms with E-state index < -0.39 is 0 Å². The van der Waals surface area contributed by atoms with Crippen LogP contribution in [0.1, 0.15) is 12.0 Å². The number of imidazole rings is 1. The monoisotopic (exact) mass is 275 g/mol. The number of carbonyl (C=O) groups excluding carboxylic acids is 1. The van der Waals surface area contributed by atoms with E-state index in [4.69, 9.17) is 11.6 Å². The first-order chi connectivity index (χ1) is 9.25. The van der Waals surface area contributed by atoms with Crippen molar-refractivity contribution >= 4 is 23.2 Å². The Bertz CT molecular complexity index is 608. The molecule has 5 heteroatoms. The van der Waals surface area contributed by atoms with Crippen LogP contribution in [-0.2, 0) is 17.8 Å². The van der Waals surface area contributed by atoms with Crippen LogP contribution in [0.3, 0.4) is 0 Å². The van der Waals surface area contributed by atoms with Gasteiger partial charge in [-0.2, -0.15) is 0 Å². The van der Waals surface area contributed by atoms with E-state index in [9.17, 15) is 4.79 Å². The summed E-state index contributed by atoms with van der Waals surface area (Å²) in [5, 5.41) is 0.346. The van der Waals surface area contributed by atoms with Crippen LogP contribution in [0.4, 0.5) is 5.69 Å². The highest BCUT2D eigenvalue weighted by Gasteiger charge is 2.22. The van der Waals surface area contributed by atoms with Crippen LogP contribution in [-0.4, -0.2) is 22.0 Å². The Balaban J connectivity index is 1.84. The fourth-order valence-electron chi connectivity index (χ4n) is 2.45. The maximum absolute atomic E-state index is 12.4. The summed E-state index contributed by atoms with van der Waals surface area (Å²) < 4.78 is 1.65. The summed E-state index contributed by atoms with van der Waals surface area (Å²) in [6.45, 7) is 0.995. The number of rotatable bonds is 2. The lowest BCUT2D eigenvalue weighted by Crippen LogP contribution is -2.37. The largest absolute Gasteiger partial charge is 0.312 e. The van der Waals surface area contributed by atoms with E-state index in [0.29, 0.717) is 5.28 Å². The molecule has 0 N–H and O–H groups in total. The van der Waals surface area contributed by atoms with Crippen LogP contribution >= 0.6 is 11.6 Å². The number of para-hydroxylation sites is 1. The van der Waals surface area contributed by atoms with Crippen LogP contribution in [0.2, 0.25) is 5.28 Å². The quantitative estimate of drug-likeness (QED) is 0.845. The molecule has 2 heterocycles. The molecule has 0 aliphatic carbocycles. The number of amides is 1. The van der Waals surface area contributed by atoms with E-state index in [0.717, 1.165) is 25.1 Å². The summed E-state index contributed by atoms with van der Waals surface area (Å²) >= 11 is 5.90. The van der Waals surface area contributed by atoms with Crippen molar-refractivity contribution in [2.75, 3.05) is 11.4 Å². The van der Waals surface area contributed by atoms with Crippen molar-refractivity contribution in [2.45, 2.75) is 19.4 Å². The number of aromatic nitrogens is 2. The van der Waals surface area contributed by atoms with Crippen molar-refractivity contribution < 1.29 is 4.79 Å². The first-order valence-electron chi connectivity index (χ1n) is 6.30. The Morgan fingerprint density at radius 2 is 2.21 bits per heavy atom. The minimum Gasteiger partial charge on any atom is -0.312 e. The fraction of sp³-hybridized carbons (Fsp3) is 0.286. The Morgan fingerprint density at radius 1 is 1.37 bits per heavy atom. The van der Waals surface area contributed by atoms with Gasteiger partial charge in [0.1, 0.15) is 6.54 Å². The van der Waals surface area contributed by atoms with Gasteiger partial charge >= 0.3 is 0 Å². The third-order valence-electron chi connectivity index (χ3n) is 3.38. The van der Waals surface area contributed by atoms with Crippen molar-refractivity contribution in [2.24, 2.45) is 0 Å². The first-order valence-corrected chi connectivity index (χ1v) is 6.68. The SMILES string of the molecule is O=C(Cn1ccnc1Cl)N1CCCc2ccccc21. The summed E-state index contributed by atoms with van der Waals surface area (Å²) in [4.78, 5) is 18.2. The van der Waals surface area contributed by atoms with E-state index in [-0.39, 0.29) is 12.5 Å². The van der Waals surface area contributed by atoms with E-state index in [2.05, 4.69) is 11.1 Å². The molecule has 1 aromatic heterocycles. The maximum atomic E-state index is 12.4. The third kappa shape index (κ3) is 2.36. The molecule has 0 bridgehead atoms. The van der Waals surface area contributed by atoms with Crippen LogP contribution in [0.15, 0.2) is 36.7 Å². The highest BCUT2D eigenvalue weighted by Crippen LogP contribution is 2.27. The molecule has 2 aromatic rings. The molecule has 0 spiro atoms. The van der Waals surface area contributed by atoms with Crippen molar-refractivity contribution in [3.63, 3.8) is 0 Å². The number of hydrogen-bond acceptors (Lipinski definition) is 2. The number of anilines is 1. The van der Waals surface area contributed by atoms with Gasteiger partial charge in [-0.25, -0.2) is 4.98 Å². The van der Waals surface area contributed by atoms with Gasteiger partial charge in [-0.1, -0.05) is 18.2 Å². The Morgan fingerprint density at radius 3 is 3.00 bits per heavy atom. The molecular formula is C14H14ClN3O. The molecule has 0 saturated heterocycles. The van der Waals surface area contributed by atoms with Crippen LogP contribution in [0.25, 0.3) is 0 Å². The number of aryl methyl sites for hydroxylation is 1. The van der Waals surface area contributed by atoms with Crippen molar-refractivity contribution in [3.05, 3.63) is 47.5 Å². The topological polar surface area (TPSA) is 38.1 Å². The molecule has 98 valence electrons. The molecule has 3 rings (SSSR count). The second-order valence-corrected chi connectivity index (χ2v) is 4.94. The average Bonchev–Trinajstić information content (AvgIpc) is 2.83. The normalized spacial score (nSPS) is 14.3. The Kier molecular flexibility index (Phi) is 3.25. The van der Waals surface area contributed by atoms with Crippen LogP contribution < -0.4 is 4.90 Å². The Labute approximate surface area is 116 Å². The van der Waals surface area contributed by atoms with E-state index >= 15 is 0 Å². The highest BCUT2D eigenvalue weighted by molar-refractivity contribution is 6.28. The summed E-state index contributed by atoms with van der Waals surface area (Å²) in [6, 6.07) is 8.06. The number of hydrogen-bond donors (Lipinski definition) is 0. The number of carbonyl (C=O) groups is 1. The van der Waals surface area contributed by atoms with Gasteiger partial charge in [-0.05, 0) is 36.1 Å². The molecule has 0 atom stereocenters.